The normalized spacial score (nSPS) is 11.5. The molecule has 0 aromatic carbocycles. The summed E-state index contributed by atoms with van der Waals surface area (Å²) >= 11 is 11.0. The van der Waals surface area contributed by atoms with E-state index in [1.54, 1.807) is 0 Å². The smallest absolute Gasteiger partial charge is 0.289 e. The SMILES string of the molecule is O=C(Cc1cc(Cl)cc(Cl)n1)C(F)(F)F. The summed E-state index contributed by atoms with van der Waals surface area (Å²) in [5.41, 5.74) is -0.102. The number of aromatic nitrogens is 1. The Morgan fingerprint density at radius 3 is 2.40 bits per heavy atom. The van der Waals surface area contributed by atoms with E-state index in [1.807, 2.05) is 0 Å². The van der Waals surface area contributed by atoms with Gasteiger partial charge in [0, 0.05) is 5.02 Å². The zero-order valence-corrected chi connectivity index (χ0v) is 8.62. The lowest BCUT2D eigenvalue weighted by Crippen LogP contribution is -2.24. The van der Waals surface area contributed by atoms with Crippen molar-refractivity contribution in [2.45, 2.75) is 12.6 Å². The van der Waals surface area contributed by atoms with Crippen molar-refractivity contribution in [3.63, 3.8) is 0 Å². The first-order valence-electron chi connectivity index (χ1n) is 3.71. The molecule has 0 saturated carbocycles. The van der Waals surface area contributed by atoms with E-state index in [9.17, 15) is 18.0 Å². The molecular formula is C8H4Cl2F3NO. The van der Waals surface area contributed by atoms with Gasteiger partial charge in [-0.15, -0.1) is 0 Å². The Morgan fingerprint density at radius 1 is 1.33 bits per heavy atom. The van der Waals surface area contributed by atoms with Crippen LogP contribution in [-0.4, -0.2) is 16.9 Å². The third kappa shape index (κ3) is 3.68. The summed E-state index contributed by atoms with van der Waals surface area (Å²) in [7, 11) is 0. The first-order valence-corrected chi connectivity index (χ1v) is 4.46. The molecule has 0 fully saturated rings. The van der Waals surface area contributed by atoms with Gasteiger partial charge in [-0.1, -0.05) is 23.2 Å². The molecule has 0 spiro atoms. The molecule has 0 saturated heterocycles. The highest BCUT2D eigenvalue weighted by Gasteiger charge is 2.38. The maximum Gasteiger partial charge on any atom is 0.450 e. The Hall–Kier alpha value is -0.810. The van der Waals surface area contributed by atoms with Gasteiger partial charge in [0.25, 0.3) is 0 Å². The molecule has 7 heteroatoms. The molecule has 1 aromatic heterocycles. The highest BCUT2D eigenvalue weighted by molar-refractivity contribution is 6.33. The van der Waals surface area contributed by atoms with Crippen molar-refractivity contribution in [1.29, 1.82) is 0 Å². The van der Waals surface area contributed by atoms with E-state index >= 15 is 0 Å². The predicted molar refractivity (Wildman–Crippen MR) is 49.0 cm³/mol. The lowest BCUT2D eigenvalue weighted by Gasteiger charge is -2.05. The maximum atomic E-state index is 11.9. The lowest BCUT2D eigenvalue weighted by molar-refractivity contribution is -0.170. The van der Waals surface area contributed by atoms with Crippen LogP contribution in [0.1, 0.15) is 5.69 Å². The van der Waals surface area contributed by atoms with Gasteiger partial charge in [0.05, 0.1) is 12.1 Å². The Labute approximate surface area is 93.0 Å². The molecule has 0 aliphatic carbocycles. The van der Waals surface area contributed by atoms with Crippen LogP contribution in [0.5, 0.6) is 0 Å². The van der Waals surface area contributed by atoms with Crippen molar-refractivity contribution in [1.82, 2.24) is 4.98 Å². The minimum absolute atomic E-state index is 0.0486. The van der Waals surface area contributed by atoms with Crippen molar-refractivity contribution >= 4 is 29.0 Å². The Bertz CT molecular complexity index is 372. The van der Waals surface area contributed by atoms with Crippen LogP contribution in [0.3, 0.4) is 0 Å². The topological polar surface area (TPSA) is 30.0 Å². The minimum Gasteiger partial charge on any atom is -0.289 e. The van der Waals surface area contributed by atoms with E-state index in [2.05, 4.69) is 4.98 Å². The lowest BCUT2D eigenvalue weighted by atomic mass is 10.2. The summed E-state index contributed by atoms with van der Waals surface area (Å²) in [4.78, 5) is 14.2. The fourth-order valence-electron chi connectivity index (χ4n) is 0.872. The highest BCUT2D eigenvalue weighted by atomic mass is 35.5. The Morgan fingerprint density at radius 2 is 1.93 bits per heavy atom. The van der Waals surface area contributed by atoms with Crippen LogP contribution in [0.4, 0.5) is 13.2 Å². The minimum atomic E-state index is -4.86. The predicted octanol–water partition coefficient (Wildman–Crippen LogP) is 3.06. The third-order valence-electron chi connectivity index (χ3n) is 1.47. The van der Waals surface area contributed by atoms with E-state index < -0.39 is 18.4 Å². The average Bonchev–Trinajstić information content (AvgIpc) is 1.99. The zero-order valence-electron chi connectivity index (χ0n) is 7.11. The Kier molecular flexibility index (Phi) is 3.57. The van der Waals surface area contributed by atoms with E-state index in [4.69, 9.17) is 23.2 Å². The molecule has 1 heterocycles. The molecule has 2 nitrogen and oxygen atoms in total. The van der Waals surface area contributed by atoms with E-state index in [1.165, 1.54) is 6.07 Å². The first-order chi connectivity index (χ1) is 6.79. The van der Waals surface area contributed by atoms with Gasteiger partial charge in [0.1, 0.15) is 5.15 Å². The van der Waals surface area contributed by atoms with Crippen LogP contribution < -0.4 is 0 Å². The second-order valence-corrected chi connectivity index (χ2v) is 3.52. The molecule has 0 N–H and O–H groups in total. The molecule has 1 aromatic rings. The number of carbonyl (C=O) groups excluding carboxylic acids is 1. The van der Waals surface area contributed by atoms with E-state index in [-0.39, 0.29) is 15.9 Å². The largest absolute Gasteiger partial charge is 0.450 e. The van der Waals surface area contributed by atoms with Gasteiger partial charge in [0.15, 0.2) is 0 Å². The maximum absolute atomic E-state index is 11.9. The number of pyridine rings is 1. The van der Waals surface area contributed by atoms with Crippen LogP contribution >= 0.6 is 23.2 Å². The average molecular weight is 258 g/mol. The van der Waals surface area contributed by atoms with Crippen molar-refractivity contribution in [3.8, 4) is 0 Å². The number of nitrogens with zero attached hydrogens (tertiary/aromatic N) is 1. The molecule has 0 atom stereocenters. The molecule has 0 aliphatic rings. The Balaban J connectivity index is 2.86. The van der Waals surface area contributed by atoms with Crippen LogP contribution in [-0.2, 0) is 11.2 Å². The molecule has 0 aliphatic heterocycles. The fraction of sp³-hybridized carbons (Fsp3) is 0.250. The zero-order chi connectivity index (χ0) is 11.6. The number of carbonyl (C=O) groups is 1. The third-order valence-corrected chi connectivity index (χ3v) is 1.88. The number of ketones is 1. The number of rotatable bonds is 2. The number of Topliss-reactive ketones (excluding diaryl/α,β-unsaturated/α-hetero) is 1. The molecule has 1 rings (SSSR count). The number of hydrogen-bond donors (Lipinski definition) is 0. The molecular weight excluding hydrogens is 254 g/mol. The summed E-state index contributed by atoms with van der Waals surface area (Å²) in [6, 6.07) is 2.43. The first kappa shape index (κ1) is 12.3. The van der Waals surface area contributed by atoms with Crippen molar-refractivity contribution in [3.05, 3.63) is 28.0 Å². The molecule has 15 heavy (non-hydrogen) atoms. The fourth-order valence-corrected chi connectivity index (χ4v) is 1.38. The van der Waals surface area contributed by atoms with Gasteiger partial charge in [-0.25, -0.2) is 4.98 Å². The summed E-state index contributed by atoms with van der Waals surface area (Å²) in [5.74, 6) is -1.88. The quantitative estimate of drug-likeness (QED) is 0.763. The molecule has 0 unspecified atom stereocenters. The standard InChI is InChI=1S/C8H4Cl2F3NO/c9-4-1-5(14-7(10)2-4)3-6(15)8(11,12)13/h1-2H,3H2. The summed E-state index contributed by atoms with van der Waals surface area (Å²) < 4.78 is 35.7. The van der Waals surface area contributed by atoms with Gasteiger partial charge >= 0.3 is 6.18 Å². The molecule has 0 radical (unpaired) electrons. The number of hydrogen-bond acceptors (Lipinski definition) is 2. The molecule has 82 valence electrons. The van der Waals surface area contributed by atoms with Crippen LogP contribution in [0.2, 0.25) is 10.2 Å². The van der Waals surface area contributed by atoms with Gasteiger partial charge in [0.2, 0.25) is 5.78 Å². The van der Waals surface area contributed by atoms with Crippen molar-refractivity contribution in [2.75, 3.05) is 0 Å². The number of alkyl halides is 3. The second kappa shape index (κ2) is 4.37. The monoisotopic (exact) mass is 257 g/mol. The van der Waals surface area contributed by atoms with Crippen molar-refractivity contribution < 1.29 is 18.0 Å². The highest BCUT2D eigenvalue weighted by Crippen LogP contribution is 2.21. The van der Waals surface area contributed by atoms with Crippen LogP contribution in [0.15, 0.2) is 12.1 Å². The van der Waals surface area contributed by atoms with Gasteiger partial charge in [-0.3, -0.25) is 4.79 Å². The summed E-state index contributed by atoms with van der Waals surface area (Å²) in [6.45, 7) is 0. The molecule has 0 amide bonds. The summed E-state index contributed by atoms with van der Waals surface area (Å²) in [5, 5.41) is 0.0902. The summed E-state index contributed by atoms with van der Waals surface area (Å²) in [6.07, 6.45) is -5.72. The van der Waals surface area contributed by atoms with Crippen LogP contribution in [0, 0.1) is 0 Å². The second-order valence-electron chi connectivity index (χ2n) is 2.70. The van der Waals surface area contributed by atoms with Crippen LogP contribution in [0.25, 0.3) is 0 Å². The van der Waals surface area contributed by atoms with Gasteiger partial charge in [-0.2, -0.15) is 13.2 Å². The van der Waals surface area contributed by atoms with Gasteiger partial charge < -0.3 is 0 Å². The van der Waals surface area contributed by atoms with E-state index in [0.717, 1.165) is 6.07 Å². The van der Waals surface area contributed by atoms with Gasteiger partial charge in [-0.05, 0) is 12.1 Å². The molecule has 0 bridgehead atoms. The van der Waals surface area contributed by atoms with E-state index in [0.29, 0.717) is 0 Å². The number of halogens is 5. The van der Waals surface area contributed by atoms with Crippen molar-refractivity contribution in [2.24, 2.45) is 0 Å².